The van der Waals surface area contributed by atoms with Crippen LogP contribution in [0.1, 0.15) is 0 Å². The Morgan fingerprint density at radius 1 is 1.50 bits per heavy atom. The topological polar surface area (TPSA) is 90.4 Å². The second-order valence-electron chi connectivity index (χ2n) is 3.15. The van der Waals surface area contributed by atoms with Crippen LogP contribution in [0.4, 0.5) is 11.4 Å². The highest BCUT2D eigenvalue weighted by Gasteiger charge is 2.02. The second kappa shape index (κ2) is 6.19. The molecule has 88 valence electrons. The first-order valence-corrected chi connectivity index (χ1v) is 5.13. The highest BCUT2D eigenvalue weighted by Crippen LogP contribution is 2.27. The van der Waals surface area contributed by atoms with Crippen molar-refractivity contribution in [2.75, 3.05) is 30.8 Å². The number of ether oxygens (including phenoxy) is 1. The quantitative estimate of drug-likeness (QED) is 0.510. The molecule has 1 aromatic carbocycles. The maximum Gasteiger partial charge on any atom is 0.243 e. The average Bonchev–Trinajstić information content (AvgIpc) is 2.21. The number of primary amides is 1. The Morgan fingerprint density at radius 3 is 2.88 bits per heavy atom. The van der Waals surface area contributed by atoms with Gasteiger partial charge in [0.15, 0.2) is 0 Å². The average molecular weight is 244 g/mol. The summed E-state index contributed by atoms with van der Waals surface area (Å²) in [5, 5.41) is 3.57. The Balaban J connectivity index is 2.34. The Morgan fingerprint density at radius 2 is 2.25 bits per heavy atom. The smallest absolute Gasteiger partial charge is 0.243 e. The van der Waals surface area contributed by atoms with Gasteiger partial charge in [-0.3, -0.25) is 4.79 Å². The number of hydrogen-bond acceptors (Lipinski definition) is 4. The molecule has 5 nitrogen and oxygen atoms in total. The summed E-state index contributed by atoms with van der Waals surface area (Å²) in [4.78, 5) is 10.4. The largest absolute Gasteiger partial charge is 0.397 e. The van der Waals surface area contributed by atoms with Gasteiger partial charge in [-0.05, 0) is 12.1 Å². The molecule has 1 amide bonds. The fraction of sp³-hybridized carbons (Fsp3) is 0.300. The van der Waals surface area contributed by atoms with E-state index in [-0.39, 0.29) is 6.61 Å². The van der Waals surface area contributed by atoms with Crippen molar-refractivity contribution in [2.45, 2.75) is 0 Å². The van der Waals surface area contributed by atoms with Gasteiger partial charge in [-0.2, -0.15) is 0 Å². The lowest BCUT2D eigenvalue weighted by molar-refractivity contribution is -0.122. The molecule has 0 saturated heterocycles. The van der Waals surface area contributed by atoms with Crippen LogP contribution in [0, 0.1) is 0 Å². The minimum Gasteiger partial charge on any atom is -0.397 e. The number of hydrogen-bond donors (Lipinski definition) is 3. The molecule has 0 aliphatic rings. The SMILES string of the molecule is NC(=O)COCCNc1c(N)cccc1Cl. The van der Waals surface area contributed by atoms with Crippen LogP contribution in [0.25, 0.3) is 0 Å². The van der Waals surface area contributed by atoms with E-state index in [1.165, 1.54) is 0 Å². The zero-order valence-electron chi connectivity index (χ0n) is 8.70. The van der Waals surface area contributed by atoms with E-state index in [2.05, 4.69) is 5.32 Å². The first-order chi connectivity index (χ1) is 7.61. The van der Waals surface area contributed by atoms with Gasteiger partial charge in [0.1, 0.15) is 6.61 Å². The number of nitrogen functional groups attached to an aromatic ring is 1. The number of amides is 1. The summed E-state index contributed by atoms with van der Waals surface area (Å²) in [5.41, 5.74) is 11.9. The molecule has 0 heterocycles. The van der Waals surface area contributed by atoms with Gasteiger partial charge in [-0.1, -0.05) is 17.7 Å². The lowest BCUT2D eigenvalue weighted by atomic mass is 10.2. The molecule has 5 N–H and O–H groups in total. The summed E-state index contributed by atoms with van der Waals surface area (Å²) in [6, 6.07) is 5.26. The number of rotatable bonds is 6. The minimum absolute atomic E-state index is 0.0836. The summed E-state index contributed by atoms with van der Waals surface area (Å²) >= 11 is 5.94. The minimum atomic E-state index is -0.489. The molecule has 0 atom stereocenters. The van der Waals surface area contributed by atoms with Crippen LogP contribution in [0.5, 0.6) is 0 Å². The lowest BCUT2D eigenvalue weighted by Gasteiger charge is -2.10. The van der Waals surface area contributed by atoms with Crippen LogP contribution >= 0.6 is 11.6 Å². The molecule has 0 fully saturated rings. The Bertz CT molecular complexity index is 351. The molecule has 0 spiro atoms. The van der Waals surface area contributed by atoms with Crippen molar-refractivity contribution in [3.63, 3.8) is 0 Å². The number of nitrogens with one attached hydrogen (secondary N) is 1. The Kier molecular flexibility index (Phi) is 4.88. The van der Waals surface area contributed by atoms with E-state index in [9.17, 15) is 4.79 Å². The van der Waals surface area contributed by atoms with E-state index in [4.69, 9.17) is 27.8 Å². The molecule has 0 radical (unpaired) electrons. The fourth-order valence-electron chi connectivity index (χ4n) is 1.15. The summed E-state index contributed by atoms with van der Waals surface area (Å²) in [5.74, 6) is -0.489. The highest BCUT2D eigenvalue weighted by atomic mass is 35.5. The molecule has 1 rings (SSSR count). The lowest BCUT2D eigenvalue weighted by Crippen LogP contribution is -2.20. The number of nitrogens with two attached hydrogens (primary N) is 2. The molecule has 1 aromatic rings. The van der Waals surface area contributed by atoms with Crippen molar-refractivity contribution in [3.05, 3.63) is 23.2 Å². The summed E-state index contributed by atoms with van der Waals surface area (Å²) in [7, 11) is 0. The summed E-state index contributed by atoms with van der Waals surface area (Å²) in [6.45, 7) is 0.772. The standard InChI is InChI=1S/C10H14ClN3O2/c11-7-2-1-3-8(12)10(7)14-4-5-16-6-9(13)15/h1-3,14H,4-6,12H2,(H2,13,15). The van der Waals surface area contributed by atoms with Crippen molar-refractivity contribution in [1.29, 1.82) is 0 Å². The van der Waals surface area contributed by atoms with Crippen molar-refractivity contribution >= 4 is 28.9 Å². The molecule has 0 aliphatic carbocycles. The van der Waals surface area contributed by atoms with Crippen LogP contribution in [0.3, 0.4) is 0 Å². The van der Waals surface area contributed by atoms with Crippen LogP contribution in [0.2, 0.25) is 5.02 Å². The van der Waals surface area contributed by atoms with Gasteiger partial charge in [-0.15, -0.1) is 0 Å². The van der Waals surface area contributed by atoms with Crippen molar-refractivity contribution < 1.29 is 9.53 Å². The van der Waals surface area contributed by atoms with Gasteiger partial charge in [-0.25, -0.2) is 0 Å². The number of benzene rings is 1. The van der Waals surface area contributed by atoms with E-state index in [1.54, 1.807) is 18.2 Å². The van der Waals surface area contributed by atoms with Gasteiger partial charge >= 0.3 is 0 Å². The predicted octanol–water partition coefficient (Wildman–Crippen LogP) is 0.836. The molecule has 16 heavy (non-hydrogen) atoms. The van der Waals surface area contributed by atoms with E-state index >= 15 is 0 Å². The van der Waals surface area contributed by atoms with E-state index in [1.807, 2.05) is 0 Å². The normalized spacial score (nSPS) is 10.1. The summed E-state index contributed by atoms with van der Waals surface area (Å²) in [6.07, 6.45) is 0. The molecule has 0 aliphatic heterocycles. The number of halogens is 1. The van der Waals surface area contributed by atoms with Gasteiger partial charge in [0.25, 0.3) is 0 Å². The highest BCUT2D eigenvalue weighted by molar-refractivity contribution is 6.33. The van der Waals surface area contributed by atoms with Crippen LogP contribution in [0.15, 0.2) is 18.2 Å². The predicted molar refractivity (Wildman–Crippen MR) is 64.4 cm³/mol. The van der Waals surface area contributed by atoms with Crippen molar-refractivity contribution in [3.8, 4) is 0 Å². The molecular formula is C10H14ClN3O2. The third kappa shape index (κ3) is 3.96. The fourth-order valence-corrected chi connectivity index (χ4v) is 1.40. The second-order valence-corrected chi connectivity index (χ2v) is 3.56. The molecule has 0 bridgehead atoms. The molecule has 6 heteroatoms. The number of para-hydroxylation sites is 1. The van der Waals surface area contributed by atoms with Gasteiger partial charge in [0.05, 0.1) is 23.0 Å². The van der Waals surface area contributed by atoms with Crippen LogP contribution in [-0.2, 0) is 9.53 Å². The molecule has 0 unspecified atom stereocenters. The maximum absolute atomic E-state index is 10.4. The first kappa shape index (κ1) is 12.6. The molecular weight excluding hydrogens is 230 g/mol. The van der Waals surface area contributed by atoms with E-state index < -0.39 is 5.91 Å². The molecule has 0 aromatic heterocycles. The van der Waals surface area contributed by atoms with Gasteiger partial charge in [0.2, 0.25) is 5.91 Å². The third-order valence-corrected chi connectivity index (χ3v) is 2.15. The number of carbonyl (C=O) groups excluding carboxylic acids is 1. The monoisotopic (exact) mass is 243 g/mol. The maximum atomic E-state index is 10.4. The van der Waals surface area contributed by atoms with E-state index in [0.717, 1.165) is 0 Å². The van der Waals surface area contributed by atoms with Crippen LogP contribution in [-0.4, -0.2) is 25.7 Å². The van der Waals surface area contributed by atoms with Crippen molar-refractivity contribution in [1.82, 2.24) is 0 Å². The van der Waals surface area contributed by atoms with Gasteiger partial charge < -0.3 is 21.5 Å². The summed E-state index contributed by atoms with van der Waals surface area (Å²) < 4.78 is 4.98. The van der Waals surface area contributed by atoms with Crippen LogP contribution < -0.4 is 16.8 Å². The zero-order chi connectivity index (χ0) is 12.0. The third-order valence-electron chi connectivity index (χ3n) is 1.84. The number of anilines is 2. The number of carbonyl (C=O) groups is 1. The van der Waals surface area contributed by atoms with Crippen molar-refractivity contribution in [2.24, 2.45) is 5.73 Å². The van der Waals surface area contributed by atoms with E-state index in [0.29, 0.717) is 29.5 Å². The first-order valence-electron chi connectivity index (χ1n) is 4.75. The molecule has 0 saturated carbocycles. The Labute approximate surface area is 98.7 Å². The zero-order valence-corrected chi connectivity index (χ0v) is 9.46. The van der Waals surface area contributed by atoms with Gasteiger partial charge in [0, 0.05) is 6.54 Å². The Hall–Kier alpha value is -1.46.